The highest BCUT2D eigenvalue weighted by molar-refractivity contribution is 6.32. The van der Waals surface area contributed by atoms with Gasteiger partial charge in [0, 0.05) is 5.56 Å². The number of nitrogens with two attached hydrogens (primary N) is 1. The minimum atomic E-state index is -1.20. The van der Waals surface area contributed by atoms with E-state index in [9.17, 15) is 8.78 Å². The van der Waals surface area contributed by atoms with Gasteiger partial charge in [-0.25, -0.2) is 4.39 Å². The van der Waals surface area contributed by atoms with Crippen LogP contribution >= 0.6 is 11.6 Å². The molecule has 0 aromatic heterocycles. The summed E-state index contributed by atoms with van der Waals surface area (Å²) in [4.78, 5) is 0. The summed E-state index contributed by atoms with van der Waals surface area (Å²) >= 11 is 5.64. The third kappa shape index (κ3) is 2.19. The molecule has 1 aromatic carbocycles. The maximum Gasteiger partial charge on any atom is 0.202 e. The van der Waals surface area contributed by atoms with Crippen LogP contribution in [0.1, 0.15) is 11.6 Å². The van der Waals surface area contributed by atoms with Gasteiger partial charge in [0.05, 0.1) is 24.8 Å². The van der Waals surface area contributed by atoms with Gasteiger partial charge in [-0.15, -0.1) is 0 Å². The molecule has 3 nitrogen and oxygen atoms in total. The number of ether oxygens (including phenoxy) is 1. The molecule has 3 N–H and O–H groups in total. The lowest BCUT2D eigenvalue weighted by Gasteiger charge is -2.13. The van der Waals surface area contributed by atoms with Gasteiger partial charge in [-0.2, -0.15) is 4.39 Å². The van der Waals surface area contributed by atoms with Crippen LogP contribution in [0.3, 0.4) is 0 Å². The number of aliphatic hydroxyl groups excluding tert-OH is 1. The average molecular weight is 238 g/mol. The van der Waals surface area contributed by atoms with Gasteiger partial charge in [0.2, 0.25) is 5.82 Å². The monoisotopic (exact) mass is 237 g/mol. The topological polar surface area (TPSA) is 55.5 Å². The van der Waals surface area contributed by atoms with Crippen LogP contribution < -0.4 is 10.5 Å². The lowest BCUT2D eigenvalue weighted by atomic mass is 10.1. The van der Waals surface area contributed by atoms with Gasteiger partial charge in [0.1, 0.15) is 0 Å². The molecule has 1 rings (SSSR count). The number of rotatable bonds is 3. The lowest BCUT2D eigenvalue weighted by Crippen LogP contribution is -2.17. The van der Waals surface area contributed by atoms with Crippen LogP contribution in [0.25, 0.3) is 0 Å². The standard InChI is InChI=1S/C9H10ClF2NO2/c1-15-9-5(10)2-4(6(13)3-14)7(11)8(9)12/h2,6,14H,3,13H2,1H3. The number of hydrogen-bond acceptors (Lipinski definition) is 3. The predicted molar refractivity (Wildman–Crippen MR) is 51.9 cm³/mol. The first-order valence-electron chi connectivity index (χ1n) is 4.10. The van der Waals surface area contributed by atoms with Crippen molar-refractivity contribution in [3.63, 3.8) is 0 Å². The van der Waals surface area contributed by atoms with E-state index in [0.717, 1.165) is 6.07 Å². The van der Waals surface area contributed by atoms with E-state index in [4.69, 9.17) is 22.4 Å². The zero-order chi connectivity index (χ0) is 11.6. The van der Waals surface area contributed by atoms with Crippen LogP contribution in [0.5, 0.6) is 5.75 Å². The van der Waals surface area contributed by atoms with E-state index in [-0.39, 0.29) is 16.3 Å². The smallest absolute Gasteiger partial charge is 0.202 e. The predicted octanol–water partition coefficient (Wildman–Crippen LogP) is 1.62. The van der Waals surface area contributed by atoms with Gasteiger partial charge < -0.3 is 15.6 Å². The number of aliphatic hydroxyl groups is 1. The fraction of sp³-hybridized carbons (Fsp3) is 0.333. The number of methoxy groups -OCH3 is 1. The molecule has 0 aliphatic heterocycles. The summed E-state index contributed by atoms with van der Waals surface area (Å²) in [5, 5.41) is 8.64. The van der Waals surface area contributed by atoms with Crippen molar-refractivity contribution in [2.24, 2.45) is 5.73 Å². The molecule has 15 heavy (non-hydrogen) atoms. The van der Waals surface area contributed by atoms with Crippen LogP contribution in [0.4, 0.5) is 8.78 Å². The molecule has 0 saturated heterocycles. The Morgan fingerprint density at radius 1 is 1.53 bits per heavy atom. The molecule has 6 heteroatoms. The van der Waals surface area contributed by atoms with Crippen molar-refractivity contribution in [1.82, 2.24) is 0 Å². The van der Waals surface area contributed by atoms with Crippen molar-refractivity contribution in [2.45, 2.75) is 6.04 Å². The summed E-state index contributed by atoms with van der Waals surface area (Å²) in [7, 11) is 1.18. The van der Waals surface area contributed by atoms with E-state index < -0.39 is 24.3 Å². The van der Waals surface area contributed by atoms with E-state index >= 15 is 0 Å². The summed E-state index contributed by atoms with van der Waals surface area (Å²) in [6.07, 6.45) is 0. The molecular weight excluding hydrogens is 228 g/mol. The van der Waals surface area contributed by atoms with Gasteiger partial charge in [-0.05, 0) is 6.07 Å². The van der Waals surface area contributed by atoms with Crippen molar-refractivity contribution in [3.05, 3.63) is 28.3 Å². The Hall–Kier alpha value is -0.910. The zero-order valence-corrected chi connectivity index (χ0v) is 8.68. The number of benzene rings is 1. The molecule has 0 saturated carbocycles. The molecule has 1 atom stereocenters. The van der Waals surface area contributed by atoms with E-state index in [2.05, 4.69) is 4.74 Å². The second-order valence-corrected chi connectivity index (χ2v) is 3.31. The van der Waals surface area contributed by atoms with Crippen molar-refractivity contribution in [1.29, 1.82) is 0 Å². The highest BCUT2D eigenvalue weighted by Crippen LogP contribution is 2.33. The Labute approximate surface area is 90.4 Å². The summed E-state index contributed by atoms with van der Waals surface area (Å²) in [6, 6.07) is 0.127. The van der Waals surface area contributed by atoms with Gasteiger partial charge in [0.25, 0.3) is 0 Å². The minimum Gasteiger partial charge on any atom is -0.492 e. The second-order valence-electron chi connectivity index (χ2n) is 2.90. The normalized spacial score (nSPS) is 12.7. The van der Waals surface area contributed by atoms with Gasteiger partial charge in [-0.1, -0.05) is 11.6 Å². The molecule has 0 spiro atoms. The highest BCUT2D eigenvalue weighted by Gasteiger charge is 2.21. The molecule has 1 unspecified atom stereocenters. The maximum absolute atomic E-state index is 13.4. The molecule has 0 aliphatic rings. The van der Waals surface area contributed by atoms with Crippen molar-refractivity contribution < 1.29 is 18.6 Å². The Morgan fingerprint density at radius 2 is 2.13 bits per heavy atom. The molecular formula is C9H10ClF2NO2. The van der Waals surface area contributed by atoms with Gasteiger partial charge >= 0.3 is 0 Å². The Morgan fingerprint density at radius 3 is 2.60 bits per heavy atom. The first-order valence-corrected chi connectivity index (χ1v) is 4.48. The average Bonchev–Trinajstić information content (AvgIpc) is 2.23. The fourth-order valence-corrected chi connectivity index (χ4v) is 1.43. The van der Waals surface area contributed by atoms with Crippen LogP contribution in [-0.2, 0) is 0 Å². The fourth-order valence-electron chi connectivity index (χ4n) is 1.15. The molecule has 84 valence electrons. The van der Waals surface area contributed by atoms with Gasteiger partial charge in [0.15, 0.2) is 11.6 Å². The van der Waals surface area contributed by atoms with E-state index in [1.165, 1.54) is 7.11 Å². The molecule has 0 bridgehead atoms. The molecule has 0 fully saturated rings. The second kappa shape index (κ2) is 4.74. The quantitative estimate of drug-likeness (QED) is 0.786. The molecule has 1 aromatic rings. The number of hydrogen-bond donors (Lipinski definition) is 2. The van der Waals surface area contributed by atoms with Gasteiger partial charge in [-0.3, -0.25) is 0 Å². The van der Waals surface area contributed by atoms with Crippen molar-refractivity contribution in [3.8, 4) is 5.75 Å². The summed E-state index contributed by atoms with van der Waals surface area (Å²) in [5.41, 5.74) is 5.19. The first kappa shape index (κ1) is 12.2. The van der Waals surface area contributed by atoms with Crippen LogP contribution in [-0.4, -0.2) is 18.8 Å². The number of halogens is 3. The minimum absolute atomic E-state index is 0.0877. The largest absolute Gasteiger partial charge is 0.492 e. The summed E-state index contributed by atoms with van der Waals surface area (Å²) in [6.45, 7) is -0.501. The third-order valence-electron chi connectivity index (χ3n) is 1.94. The van der Waals surface area contributed by atoms with Crippen molar-refractivity contribution >= 4 is 11.6 Å². The van der Waals surface area contributed by atoms with Crippen LogP contribution in [0, 0.1) is 11.6 Å². The maximum atomic E-state index is 13.4. The first-order chi connectivity index (χ1) is 7.02. The third-order valence-corrected chi connectivity index (χ3v) is 2.23. The molecule has 0 radical (unpaired) electrons. The van der Waals surface area contributed by atoms with Crippen LogP contribution in [0.2, 0.25) is 5.02 Å². The zero-order valence-electron chi connectivity index (χ0n) is 7.93. The molecule has 0 aliphatic carbocycles. The Balaban J connectivity index is 3.33. The Bertz CT molecular complexity index is 374. The van der Waals surface area contributed by atoms with E-state index in [0.29, 0.717) is 0 Å². The summed E-state index contributed by atoms with van der Waals surface area (Å²) < 4.78 is 31.2. The SMILES string of the molecule is COc1c(Cl)cc(C(N)CO)c(F)c1F. The Kier molecular flexibility index (Phi) is 3.84. The van der Waals surface area contributed by atoms with Crippen molar-refractivity contribution in [2.75, 3.05) is 13.7 Å². The van der Waals surface area contributed by atoms with E-state index in [1.807, 2.05) is 0 Å². The van der Waals surface area contributed by atoms with E-state index in [1.54, 1.807) is 0 Å². The molecule has 0 amide bonds. The highest BCUT2D eigenvalue weighted by atomic mass is 35.5. The summed E-state index contributed by atoms with van der Waals surface area (Å²) in [5.74, 6) is -2.73. The lowest BCUT2D eigenvalue weighted by molar-refractivity contribution is 0.263. The molecule has 0 heterocycles. The van der Waals surface area contributed by atoms with Crippen LogP contribution in [0.15, 0.2) is 6.07 Å².